The number of carbonyl (C=O) groups excluding carboxylic acids is 1. The van der Waals surface area contributed by atoms with Gasteiger partial charge in [0.2, 0.25) is 0 Å². The Labute approximate surface area is 112 Å². The summed E-state index contributed by atoms with van der Waals surface area (Å²) in [6, 6.07) is 3.43. The van der Waals surface area contributed by atoms with Crippen molar-refractivity contribution in [1.29, 1.82) is 0 Å². The summed E-state index contributed by atoms with van der Waals surface area (Å²) >= 11 is 0. The fraction of sp³-hybridized carbons (Fsp3) is 0.643. The molecule has 0 amide bonds. The van der Waals surface area contributed by atoms with Gasteiger partial charge in [-0.25, -0.2) is 4.79 Å². The Hall–Kier alpha value is -1.65. The summed E-state index contributed by atoms with van der Waals surface area (Å²) in [5.41, 5.74) is 0.243. The zero-order valence-corrected chi connectivity index (χ0v) is 11.1. The summed E-state index contributed by atoms with van der Waals surface area (Å²) in [5, 5.41) is 11.2. The van der Waals surface area contributed by atoms with Gasteiger partial charge in [0.05, 0.1) is 7.11 Å². The van der Waals surface area contributed by atoms with Crippen molar-refractivity contribution in [1.82, 2.24) is 10.2 Å². The lowest BCUT2D eigenvalue weighted by Crippen LogP contribution is -2.20. The van der Waals surface area contributed by atoms with Crippen molar-refractivity contribution in [3.05, 3.63) is 17.8 Å². The smallest absolute Gasteiger partial charge is 0.358 e. The molecule has 19 heavy (non-hydrogen) atoms. The Morgan fingerprint density at radius 3 is 2.84 bits per heavy atom. The van der Waals surface area contributed by atoms with Crippen LogP contribution in [0.15, 0.2) is 12.1 Å². The van der Waals surface area contributed by atoms with Crippen molar-refractivity contribution < 1.29 is 9.53 Å². The monoisotopic (exact) mass is 261 g/mol. The van der Waals surface area contributed by atoms with Gasteiger partial charge in [-0.15, -0.1) is 10.2 Å². The molecule has 2 bridgehead atoms. The number of anilines is 1. The molecule has 2 aliphatic carbocycles. The highest BCUT2D eigenvalue weighted by Gasteiger charge is 2.39. The highest BCUT2D eigenvalue weighted by molar-refractivity contribution is 5.86. The van der Waals surface area contributed by atoms with Gasteiger partial charge < -0.3 is 10.1 Å². The minimum atomic E-state index is -0.452. The van der Waals surface area contributed by atoms with Crippen LogP contribution in [-0.4, -0.2) is 29.8 Å². The Morgan fingerprint density at radius 1 is 1.37 bits per heavy atom. The molecule has 2 fully saturated rings. The molecule has 3 atom stereocenters. The number of hydrogen-bond acceptors (Lipinski definition) is 5. The summed E-state index contributed by atoms with van der Waals surface area (Å²) in [4.78, 5) is 11.2. The average Bonchev–Trinajstić information content (AvgIpc) is 3.07. The fourth-order valence-electron chi connectivity index (χ4n) is 3.50. The first-order valence-electron chi connectivity index (χ1n) is 6.92. The number of hydrogen-bond donors (Lipinski definition) is 1. The lowest BCUT2D eigenvalue weighted by molar-refractivity contribution is 0.0593. The number of ether oxygens (including phenoxy) is 1. The molecular formula is C14H19N3O2. The van der Waals surface area contributed by atoms with Crippen LogP contribution in [0.1, 0.15) is 36.2 Å². The van der Waals surface area contributed by atoms with Crippen LogP contribution in [0.5, 0.6) is 0 Å². The number of nitrogens with zero attached hydrogens (tertiary/aromatic N) is 2. The topological polar surface area (TPSA) is 64.1 Å². The van der Waals surface area contributed by atoms with Crippen LogP contribution in [0.2, 0.25) is 0 Å². The molecule has 1 aromatic rings. The van der Waals surface area contributed by atoms with Crippen molar-refractivity contribution in [2.75, 3.05) is 19.0 Å². The molecule has 0 spiro atoms. The molecule has 5 nitrogen and oxygen atoms in total. The molecular weight excluding hydrogens is 242 g/mol. The maximum absolute atomic E-state index is 11.2. The van der Waals surface area contributed by atoms with Crippen LogP contribution < -0.4 is 5.32 Å². The molecule has 0 aliphatic heterocycles. The number of esters is 1. The third-order valence-corrected chi connectivity index (χ3v) is 4.49. The lowest BCUT2D eigenvalue weighted by atomic mass is 9.89. The van der Waals surface area contributed by atoms with Crippen molar-refractivity contribution >= 4 is 11.8 Å². The van der Waals surface area contributed by atoms with Gasteiger partial charge >= 0.3 is 5.97 Å². The van der Waals surface area contributed by atoms with E-state index in [1.807, 2.05) is 0 Å². The van der Waals surface area contributed by atoms with Gasteiger partial charge in [-0.05, 0) is 49.1 Å². The van der Waals surface area contributed by atoms with E-state index in [9.17, 15) is 4.79 Å². The number of carbonyl (C=O) groups is 1. The average molecular weight is 261 g/mol. The van der Waals surface area contributed by atoms with Crippen molar-refractivity contribution in [2.45, 2.75) is 25.7 Å². The maximum atomic E-state index is 11.2. The summed E-state index contributed by atoms with van der Waals surface area (Å²) in [5.74, 6) is 2.92. The number of nitrogens with one attached hydrogen (secondary N) is 1. The second kappa shape index (κ2) is 5.15. The van der Waals surface area contributed by atoms with Crippen LogP contribution in [0, 0.1) is 17.8 Å². The lowest BCUT2D eigenvalue weighted by Gasteiger charge is -2.21. The SMILES string of the molecule is COC(=O)c1ccc(NCC2CC3CCC2C3)nn1. The number of fused-ring (bicyclic) bond motifs is 2. The van der Waals surface area contributed by atoms with Crippen molar-refractivity contribution in [3.63, 3.8) is 0 Å². The molecule has 1 heterocycles. The quantitative estimate of drug-likeness (QED) is 0.841. The minimum Gasteiger partial charge on any atom is -0.464 e. The number of aromatic nitrogens is 2. The van der Waals surface area contributed by atoms with Gasteiger partial charge in [-0.1, -0.05) is 6.42 Å². The Morgan fingerprint density at radius 2 is 2.26 bits per heavy atom. The van der Waals surface area contributed by atoms with Crippen LogP contribution in [0.25, 0.3) is 0 Å². The number of methoxy groups -OCH3 is 1. The van der Waals surface area contributed by atoms with E-state index in [0.717, 1.165) is 30.1 Å². The first-order valence-corrected chi connectivity index (χ1v) is 6.92. The second-order valence-corrected chi connectivity index (χ2v) is 5.61. The zero-order chi connectivity index (χ0) is 13.2. The van der Waals surface area contributed by atoms with E-state index in [1.165, 1.54) is 32.8 Å². The zero-order valence-electron chi connectivity index (χ0n) is 11.1. The van der Waals surface area contributed by atoms with Crippen LogP contribution in [0.3, 0.4) is 0 Å². The van der Waals surface area contributed by atoms with E-state index in [-0.39, 0.29) is 5.69 Å². The summed E-state index contributed by atoms with van der Waals surface area (Å²) in [6.07, 6.45) is 5.59. The van der Waals surface area contributed by atoms with E-state index >= 15 is 0 Å². The minimum absolute atomic E-state index is 0.243. The summed E-state index contributed by atoms with van der Waals surface area (Å²) < 4.78 is 4.59. The second-order valence-electron chi connectivity index (χ2n) is 5.61. The predicted molar refractivity (Wildman–Crippen MR) is 70.8 cm³/mol. The van der Waals surface area contributed by atoms with Crippen molar-refractivity contribution in [2.24, 2.45) is 17.8 Å². The van der Waals surface area contributed by atoms with E-state index in [1.54, 1.807) is 12.1 Å². The van der Waals surface area contributed by atoms with Crippen molar-refractivity contribution in [3.8, 4) is 0 Å². The molecule has 102 valence electrons. The molecule has 2 aliphatic rings. The first-order chi connectivity index (χ1) is 9.26. The van der Waals surface area contributed by atoms with Gasteiger partial charge in [0, 0.05) is 6.54 Å². The molecule has 1 aromatic heterocycles. The molecule has 3 unspecified atom stereocenters. The largest absolute Gasteiger partial charge is 0.464 e. The molecule has 5 heteroatoms. The Balaban J connectivity index is 1.54. The third kappa shape index (κ3) is 2.55. The van der Waals surface area contributed by atoms with Crippen LogP contribution in [-0.2, 0) is 4.74 Å². The maximum Gasteiger partial charge on any atom is 0.358 e. The van der Waals surface area contributed by atoms with E-state index in [2.05, 4.69) is 20.3 Å². The normalized spacial score (nSPS) is 28.4. The van der Waals surface area contributed by atoms with E-state index in [4.69, 9.17) is 0 Å². The third-order valence-electron chi connectivity index (χ3n) is 4.49. The van der Waals surface area contributed by atoms with E-state index < -0.39 is 5.97 Å². The molecule has 0 saturated heterocycles. The standard InChI is InChI=1S/C14H19N3O2/c1-19-14(18)12-4-5-13(17-16-12)15-8-11-7-9-2-3-10(11)6-9/h4-5,9-11H,2-3,6-8H2,1H3,(H,15,17). The summed E-state index contributed by atoms with van der Waals surface area (Å²) in [7, 11) is 1.34. The first kappa shape index (κ1) is 12.4. The van der Waals surface area contributed by atoms with Gasteiger partial charge in [0.1, 0.15) is 5.82 Å². The van der Waals surface area contributed by atoms with Gasteiger partial charge in [0.15, 0.2) is 5.69 Å². The van der Waals surface area contributed by atoms with E-state index in [0.29, 0.717) is 0 Å². The highest BCUT2D eigenvalue weighted by Crippen LogP contribution is 2.48. The van der Waals surface area contributed by atoms with Gasteiger partial charge in [-0.2, -0.15) is 0 Å². The van der Waals surface area contributed by atoms with Crippen LogP contribution >= 0.6 is 0 Å². The molecule has 3 rings (SSSR count). The summed E-state index contributed by atoms with van der Waals surface area (Å²) in [6.45, 7) is 0.966. The van der Waals surface area contributed by atoms with Crippen LogP contribution in [0.4, 0.5) is 5.82 Å². The fourth-order valence-corrected chi connectivity index (χ4v) is 3.50. The molecule has 0 radical (unpaired) electrons. The van der Waals surface area contributed by atoms with Gasteiger partial charge in [0.25, 0.3) is 0 Å². The molecule has 2 saturated carbocycles. The predicted octanol–water partition coefficient (Wildman–Crippen LogP) is 2.11. The molecule has 1 N–H and O–H groups in total. The molecule has 0 aromatic carbocycles. The Kier molecular flexibility index (Phi) is 3.36. The highest BCUT2D eigenvalue weighted by atomic mass is 16.5. The Bertz CT molecular complexity index is 460. The number of rotatable bonds is 4. The van der Waals surface area contributed by atoms with Gasteiger partial charge in [-0.3, -0.25) is 0 Å².